The highest BCUT2D eigenvalue weighted by atomic mass is 16.6. The van der Waals surface area contributed by atoms with Crippen LogP contribution >= 0.6 is 0 Å². The van der Waals surface area contributed by atoms with Gasteiger partial charge in [0.1, 0.15) is 17.5 Å². The van der Waals surface area contributed by atoms with Gasteiger partial charge < -0.3 is 14.8 Å². The summed E-state index contributed by atoms with van der Waals surface area (Å²) in [6, 6.07) is 10.3. The van der Waals surface area contributed by atoms with Gasteiger partial charge in [-0.05, 0) is 45.4 Å². The maximum absolute atomic E-state index is 11.6. The zero-order valence-electron chi connectivity index (χ0n) is 15.6. The summed E-state index contributed by atoms with van der Waals surface area (Å²) in [5, 5.41) is 13.4. The smallest absolute Gasteiger partial charge is 0.407 e. The number of benzene rings is 1. The molecule has 8 heteroatoms. The Morgan fingerprint density at radius 1 is 1.22 bits per heavy atom. The first-order chi connectivity index (χ1) is 12.8. The van der Waals surface area contributed by atoms with Gasteiger partial charge in [-0.3, -0.25) is 10.1 Å². The maximum Gasteiger partial charge on any atom is 0.407 e. The van der Waals surface area contributed by atoms with Gasteiger partial charge in [0, 0.05) is 18.2 Å². The second-order valence-corrected chi connectivity index (χ2v) is 6.79. The van der Waals surface area contributed by atoms with Gasteiger partial charge in [0.25, 0.3) is 5.69 Å². The van der Waals surface area contributed by atoms with Crippen molar-refractivity contribution in [2.24, 2.45) is 0 Å². The summed E-state index contributed by atoms with van der Waals surface area (Å²) in [6.07, 6.45) is 1.36. The number of hydrogen-bond acceptors (Lipinski definition) is 6. The molecule has 1 aromatic heterocycles. The fourth-order valence-electron chi connectivity index (χ4n) is 2.22. The second-order valence-electron chi connectivity index (χ2n) is 6.79. The summed E-state index contributed by atoms with van der Waals surface area (Å²) < 4.78 is 10.9. The molecule has 0 unspecified atom stereocenters. The topological polar surface area (TPSA) is 104 Å². The van der Waals surface area contributed by atoms with Crippen molar-refractivity contribution in [2.45, 2.75) is 32.8 Å². The van der Waals surface area contributed by atoms with E-state index >= 15 is 0 Å². The van der Waals surface area contributed by atoms with Crippen LogP contribution in [0.3, 0.4) is 0 Å². The lowest BCUT2D eigenvalue weighted by molar-refractivity contribution is -0.385. The van der Waals surface area contributed by atoms with Gasteiger partial charge in [0.2, 0.25) is 0 Å². The Morgan fingerprint density at radius 2 is 1.96 bits per heavy atom. The molecule has 1 aromatic carbocycles. The molecule has 0 atom stereocenters. The Bertz CT molecular complexity index is 785. The lowest BCUT2D eigenvalue weighted by Crippen LogP contribution is -2.33. The molecule has 2 aromatic rings. The molecule has 0 radical (unpaired) electrons. The molecule has 8 nitrogen and oxygen atoms in total. The predicted molar refractivity (Wildman–Crippen MR) is 101 cm³/mol. The van der Waals surface area contributed by atoms with Crippen LogP contribution in [0.4, 0.5) is 10.5 Å². The van der Waals surface area contributed by atoms with Crippen molar-refractivity contribution in [3.63, 3.8) is 0 Å². The Balaban J connectivity index is 1.89. The summed E-state index contributed by atoms with van der Waals surface area (Å²) in [5.41, 5.74) is 0.734. The Hall–Kier alpha value is -3.16. The SMILES string of the molecule is CC(C)(C)OC(=O)NCCCOc1ccccc1-c1ccc([N+](=O)[O-])cn1. The number of rotatable bonds is 7. The van der Waals surface area contributed by atoms with Crippen LogP contribution in [0, 0.1) is 10.1 Å². The average Bonchev–Trinajstić information content (AvgIpc) is 2.60. The fraction of sp³-hybridized carbons (Fsp3) is 0.368. The van der Waals surface area contributed by atoms with Gasteiger partial charge in [-0.25, -0.2) is 9.78 Å². The number of nitrogens with zero attached hydrogens (tertiary/aromatic N) is 2. The third-order valence-electron chi connectivity index (χ3n) is 3.37. The highest BCUT2D eigenvalue weighted by Crippen LogP contribution is 2.29. The molecular formula is C19H23N3O5. The van der Waals surface area contributed by atoms with Crippen molar-refractivity contribution < 1.29 is 19.2 Å². The largest absolute Gasteiger partial charge is 0.493 e. The minimum absolute atomic E-state index is 0.0645. The summed E-state index contributed by atoms with van der Waals surface area (Å²) in [4.78, 5) is 26.0. The third kappa shape index (κ3) is 6.58. The summed E-state index contributed by atoms with van der Waals surface area (Å²) >= 11 is 0. The van der Waals surface area contributed by atoms with E-state index < -0.39 is 16.6 Å². The zero-order chi connectivity index (χ0) is 19.9. The standard InChI is InChI=1S/C19H23N3O5/c1-19(2,3)27-18(23)20-11-6-12-26-17-8-5-4-7-15(17)16-10-9-14(13-21-16)22(24)25/h4-5,7-10,13H,6,11-12H2,1-3H3,(H,20,23). The molecule has 0 bridgehead atoms. The molecule has 1 amide bonds. The first-order valence-corrected chi connectivity index (χ1v) is 8.56. The minimum Gasteiger partial charge on any atom is -0.493 e. The van der Waals surface area contributed by atoms with Crippen LogP contribution in [-0.2, 0) is 4.74 Å². The quantitative estimate of drug-likeness (QED) is 0.448. The van der Waals surface area contributed by atoms with Crippen molar-refractivity contribution in [3.05, 3.63) is 52.7 Å². The number of nitrogens with one attached hydrogen (secondary N) is 1. The number of carbonyl (C=O) groups is 1. The first-order valence-electron chi connectivity index (χ1n) is 8.56. The van der Waals surface area contributed by atoms with Crippen LogP contribution in [0.25, 0.3) is 11.3 Å². The van der Waals surface area contributed by atoms with Crippen LogP contribution in [0.1, 0.15) is 27.2 Å². The van der Waals surface area contributed by atoms with Gasteiger partial charge in [-0.1, -0.05) is 12.1 Å². The molecule has 2 rings (SSSR count). The van der Waals surface area contributed by atoms with E-state index in [1.54, 1.807) is 32.9 Å². The fourth-order valence-corrected chi connectivity index (χ4v) is 2.22. The molecule has 144 valence electrons. The number of carbonyl (C=O) groups excluding carboxylic acids is 1. The molecule has 0 aliphatic carbocycles. The first kappa shape index (κ1) is 20.2. The highest BCUT2D eigenvalue weighted by Gasteiger charge is 2.15. The molecule has 1 N–H and O–H groups in total. The molecule has 0 saturated carbocycles. The molecule has 0 spiro atoms. The molecule has 27 heavy (non-hydrogen) atoms. The Labute approximate surface area is 157 Å². The van der Waals surface area contributed by atoms with Crippen molar-refractivity contribution >= 4 is 11.8 Å². The molecule has 0 fully saturated rings. The van der Waals surface area contributed by atoms with E-state index in [1.807, 2.05) is 18.2 Å². The van der Waals surface area contributed by atoms with E-state index in [-0.39, 0.29) is 5.69 Å². The summed E-state index contributed by atoms with van der Waals surface area (Å²) in [6.45, 7) is 6.23. The highest BCUT2D eigenvalue weighted by molar-refractivity contribution is 5.68. The van der Waals surface area contributed by atoms with Crippen LogP contribution in [-0.4, -0.2) is 34.8 Å². The average molecular weight is 373 g/mol. The van der Waals surface area contributed by atoms with E-state index in [0.717, 1.165) is 5.56 Å². The van der Waals surface area contributed by atoms with E-state index in [2.05, 4.69) is 10.3 Å². The van der Waals surface area contributed by atoms with Gasteiger partial charge in [0.05, 0.1) is 17.2 Å². The normalized spacial score (nSPS) is 10.9. The number of para-hydroxylation sites is 1. The number of aromatic nitrogens is 1. The Kier molecular flexibility index (Phi) is 6.70. The number of nitro groups is 1. The molecule has 1 heterocycles. The molecule has 0 aliphatic heterocycles. The van der Waals surface area contributed by atoms with Crippen LogP contribution in [0.5, 0.6) is 5.75 Å². The zero-order valence-corrected chi connectivity index (χ0v) is 15.6. The van der Waals surface area contributed by atoms with Crippen molar-refractivity contribution in [2.75, 3.05) is 13.2 Å². The van der Waals surface area contributed by atoms with E-state index in [4.69, 9.17) is 9.47 Å². The van der Waals surface area contributed by atoms with Crippen LogP contribution in [0.2, 0.25) is 0 Å². The maximum atomic E-state index is 11.6. The lowest BCUT2D eigenvalue weighted by Gasteiger charge is -2.19. The van der Waals surface area contributed by atoms with Crippen LogP contribution in [0.15, 0.2) is 42.6 Å². The van der Waals surface area contributed by atoms with Crippen molar-refractivity contribution in [1.29, 1.82) is 0 Å². The third-order valence-corrected chi connectivity index (χ3v) is 3.37. The van der Waals surface area contributed by atoms with E-state index in [0.29, 0.717) is 31.0 Å². The minimum atomic E-state index is -0.530. The Morgan fingerprint density at radius 3 is 2.59 bits per heavy atom. The van der Waals surface area contributed by atoms with Crippen molar-refractivity contribution in [1.82, 2.24) is 10.3 Å². The van der Waals surface area contributed by atoms with Crippen LogP contribution < -0.4 is 10.1 Å². The van der Waals surface area contributed by atoms with Gasteiger partial charge >= 0.3 is 6.09 Å². The van der Waals surface area contributed by atoms with Gasteiger partial charge in [-0.2, -0.15) is 0 Å². The second kappa shape index (κ2) is 8.98. The van der Waals surface area contributed by atoms with Crippen molar-refractivity contribution in [3.8, 4) is 17.0 Å². The number of pyridine rings is 1. The molecule has 0 aliphatic rings. The predicted octanol–water partition coefficient (Wildman–Crippen LogP) is 3.95. The number of ether oxygens (including phenoxy) is 2. The number of alkyl carbamates (subject to hydrolysis) is 1. The van der Waals surface area contributed by atoms with Gasteiger partial charge in [0.15, 0.2) is 0 Å². The summed E-state index contributed by atoms with van der Waals surface area (Å²) in [5.74, 6) is 0.621. The molecule has 0 saturated heterocycles. The van der Waals surface area contributed by atoms with E-state index in [1.165, 1.54) is 12.3 Å². The lowest BCUT2D eigenvalue weighted by atomic mass is 10.1. The summed E-state index contributed by atoms with van der Waals surface area (Å²) in [7, 11) is 0. The number of amides is 1. The monoisotopic (exact) mass is 373 g/mol. The van der Waals surface area contributed by atoms with E-state index in [9.17, 15) is 14.9 Å². The molecular weight excluding hydrogens is 350 g/mol. The van der Waals surface area contributed by atoms with Gasteiger partial charge in [-0.15, -0.1) is 0 Å². The number of hydrogen-bond donors (Lipinski definition) is 1.